The van der Waals surface area contributed by atoms with Gasteiger partial charge in [0.1, 0.15) is 17.6 Å². The molecule has 0 spiro atoms. The van der Waals surface area contributed by atoms with E-state index in [0.717, 1.165) is 0 Å². The summed E-state index contributed by atoms with van der Waals surface area (Å²) in [5, 5.41) is 14.7. The van der Waals surface area contributed by atoms with Crippen molar-refractivity contribution < 1.29 is 18.7 Å². The zero-order chi connectivity index (χ0) is 20.5. The van der Waals surface area contributed by atoms with Gasteiger partial charge in [-0.2, -0.15) is 4.68 Å². The third-order valence-electron chi connectivity index (χ3n) is 4.44. The van der Waals surface area contributed by atoms with Crippen LogP contribution in [-0.2, 0) is 9.53 Å². The molecule has 4 rings (SSSR count). The molecule has 146 valence electrons. The number of esters is 1. The van der Waals surface area contributed by atoms with Crippen molar-refractivity contribution in [3.05, 3.63) is 81.8 Å². The van der Waals surface area contributed by atoms with Crippen molar-refractivity contribution in [3.63, 3.8) is 0 Å². The van der Waals surface area contributed by atoms with Crippen LogP contribution < -0.4 is 5.32 Å². The standard InChI is InChI=1S/C19H13ClFN5O3/c1-29-18(28)15-14(17(27)11-4-8-13(21)9-5-11)16(10-2-6-12(20)7-3-10)26-19(22-15)23-24-25-26/h2-9,16H,1H3,(H,22,23,25)/t16-/m1/s1. The van der Waals surface area contributed by atoms with Crippen LogP contribution in [0.5, 0.6) is 0 Å². The van der Waals surface area contributed by atoms with Crippen molar-refractivity contribution in [2.75, 3.05) is 12.4 Å². The van der Waals surface area contributed by atoms with Gasteiger partial charge >= 0.3 is 5.97 Å². The highest BCUT2D eigenvalue weighted by Crippen LogP contribution is 2.36. The van der Waals surface area contributed by atoms with E-state index in [2.05, 4.69) is 20.8 Å². The SMILES string of the molecule is COC(=O)C1=C(C(=O)c2ccc(F)cc2)[C@@H](c2ccc(Cl)cc2)n2nnnc2N1. The quantitative estimate of drug-likeness (QED) is 0.518. The van der Waals surface area contributed by atoms with E-state index >= 15 is 0 Å². The van der Waals surface area contributed by atoms with Crippen molar-refractivity contribution in [2.45, 2.75) is 6.04 Å². The maximum Gasteiger partial charge on any atom is 0.355 e. The van der Waals surface area contributed by atoms with Crippen molar-refractivity contribution in [1.29, 1.82) is 0 Å². The number of anilines is 1. The van der Waals surface area contributed by atoms with E-state index in [1.165, 1.54) is 36.1 Å². The van der Waals surface area contributed by atoms with Gasteiger partial charge in [-0.3, -0.25) is 4.79 Å². The number of nitrogens with zero attached hydrogens (tertiary/aromatic N) is 4. The summed E-state index contributed by atoms with van der Waals surface area (Å²) in [6, 6.07) is 10.9. The molecule has 10 heteroatoms. The summed E-state index contributed by atoms with van der Waals surface area (Å²) in [5.74, 6) is -1.58. The lowest BCUT2D eigenvalue weighted by Crippen LogP contribution is -2.32. The molecule has 2 aromatic carbocycles. The number of hydrogen-bond acceptors (Lipinski definition) is 7. The van der Waals surface area contributed by atoms with Crippen LogP contribution in [0.15, 0.2) is 59.8 Å². The summed E-state index contributed by atoms with van der Waals surface area (Å²) in [7, 11) is 1.20. The first-order valence-electron chi connectivity index (χ1n) is 8.42. The summed E-state index contributed by atoms with van der Waals surface area (Å²) in [4.78, 5) is 25.9. The fraction of sp³-hybridized carbons (Fsp3) is 0.105. The summed E-state index contributed by atoms with van der Waals surface area (Å²) in [5.41, 5.74) is 0.783. The highest BCUT2D eigenvalue weighted by molar-refractivity contribution is 6.30. The first kappa shape index (κ1) is 18.8. The average molecular weight is 414 g/mol. The normalized spacial score (nSPS) is 15.5. The van der Waals surface area contributed by atoms with Gasteiger partial charge in [-0.1, -0.05) is 28.8 Å². The number of tetrazole rings is 1. The summed E-state index contributed by atoms with van der Waals surface area (Å²) < 4.78 is 19.6. The van der Waals surface area contributed by atoms with E-state index in [0.29, 0.717) is 10.6 Å². The van der Waals surface area contributed by atoms with Crippen LogP contribution in [-0.4, -0.2) is 39.1 Å². The van der Waals surface area contributed by atoms with Gasteiger partial charge < -0.3 is 10.1 Å². The maximum atomic E-state index is 13.4. The second-order valence-electron chi connectivity index (χ2n) is 6.14. The Morgan fingerprint density at radius 3 is 2.48 bits per heavy atom. The monoisotopic (exact) mass is 413 g/mol. The first-order valence-corrected chi connectivity index (χ1v) is 8.80. The molecule has 8 nitrogen and oxygen atoms in total. The second-order valence-corrected chi connectivity index (χ2v) is 6.58. The highest BCUT2D eigenvalue weighted by atomic mass is 35.5. The Morgan fingerprint density at radius 2 is 1.83 bits per heavy atom. The van der Waals surface area contributed by atoms with Crippen LogP contribution in [0.1, 0.15) is 22.0 Å². The number of aromatic nitrogens is 4. The van der Waals surface area contributed by atoms with Crippen molar-refractivity contribution in [3.8, 4) is 0 Å². The number of halogens is 2. The average Bonchev–Trinajstić information content (AvgIpc) is 3.21. The number of hydrogen-bond donors (Lipinski definition) is 1. The van der Waals surface area contributed by atoms with E-state index in [4.69, 9.17) is 16.3 Å². The second kappa shape index (κ2) is 7.44. The number of ketones is 1. The molecule has 1 aliphatic rings. The Balaban J connectivity index is 1.94. The van der Waals surface area contributed by atoms with E-state index in [-0.39, 0.29) is 22.8 Å². The molecule has 0 aliphatic carbocycles. The van der Waals surface area contributed by atoms with Gasteiger partial charge in [0.2, 0.25) is 5.95 Å². The molecule has 0 saturated carbocycles. The lowest BCUT2D eigenvalue weighted by molar-refractivity contribution is -0.136. The van der Waals surface area contributed by atoms with Gasteiger partial charge in [-0.15, -0.1) is 0 Å². The molecule has 0 radical (unpaired) electrons. The van der Waals surface area contributed by atoms with Gasteiger partial charge in [-0.25, -0.2) is 9.18 Å². The molecule has 0 fully saturated rings. The molecule has 1 N–H and O–H groups in total. The van der Waals surface area contributed by atoms with Crippen LogP contribution in [0.25, 0.3) is 0 Å². The van der Waals surface area contributed by atoms with Crippen molar-refractivity contribution in [2.24, 2.45) is 0 Å². The van der Waals surface area contributed by atoms with E-state index < -0.39 is 23.6 Å². The van der Waals surface area contributed by atoms with E-state index in [1.807, 2.05) is 0 Å². The summed E-state index contributed by atoms with van der Waals surface area (Å²) in [6.07, 6.45) is 0. The van der Waals surface area contributed by atoms with Crippen molar-refractivity contribution in [1.82, 2.24) is 20.2 Å². The number of carbonyl (C=O) groups is 2. The van der Waals surface area contributed by atoms with Gasteiger partial charge in [0.25, 0.3) is 0 Å². The molecular weight excluding hydrogens is 401 g/mol. The number of methoxy groups -OCH3 is 1. The molecule has 0 unspecified atom stereocenters. The Hall–Kier alpha value is -3.59. The molecule has 0 saturated heterocycles. The molecule has 29 heavy (non-hydrogen) atoms. The zero-order valence-electron chi connectivity index (χ0n) is 15.0. The Kier molecular flexibility index (Phi) is 4.81. The van der Waals surface area contributed by atoms with Crippen molar-refractivity contribution >= 4 is 29.3 Å². The van der Waals surface area contributed by atoms with E-state index in [9.17, 15) is 14.0 Å². The number of carbonyl (C=O) groups excluding carboxylic acids is 2. The fourth-order valence-corrected chi connectivity index (χ4v) is 3.22. The molecular formula is C19H13ClFN5O3. The Labute approximate surface area is 168 Å². The van der Waals surface area contributed by atoms with E-state index in [1.54, 1.807) is 24.3 Å². The molecule has 2 heterocycles. The highest BCUT2D eigenvalue weighted by Gasteiger charge is 2.38. The molecule has 1 aliphatic heterocycles. The lowest BCUT2D eigenvalue weighted by atomic mass is 9.89. The zero-order valence-corrected chi connectivity index (χ0v) is 15.7. The van der Waals surface area contributed by atoms with Crippen LogP contribution in [0, 0.1) is 5.82 Å². The predicted molar refractivity (Wildman–Crippen MR) is 101 cm³/mol. The third kappa shape index (κ3) is 3.36. The summed E-state index contributed by atoms with van der Waals surface area (Å²) in [6.45, 7) is 0. The topological polar surface area (TPSA) is 99.0 Å². The fourth-order valence-electron chi connectivity index (χ4n) is 3.10. The number of benzene rings is 2. The smallest absolute Gasteiger partial charge is 0.355 e. The van der Waals surface area contributed by atoms with Crippen LogP contribution in [0.4, 0.5) is 10.3 Å². The number of ether oxygens (including phenoxy) is 1. The molecule has 0 amide bonds. The predicted octanol–water partition coefficient (Wildman–Crippen LogP) is 2.79. The summed E-state index contributed by atoms with van der Waals surface area (Å²) >= 11 is 5.99. The minimum atomic E-state index is -0.829. The Bertz CT molecular complexity index is 1130. The minimum absolute atomic E-state index is 0.0607. The number of Topliss-reactive ketones (excluding diaryl/α,β-unsaturated/α-hetero) is 1. The lowest BCUT2D eigenvalue weighted by Gasteiger charge is -2.28. The molecule has 0 bridgehead atoms. The number of rotatable bonds is 4. The first-order chi connectivity index (χ1) is 14.0. The Morgan fingerprint density at radius 1 is 1.14 bits per heavy atom. The molecule has 3 aromatic rings. The number of nitrogens with one attached hydrogen (secondary N) is 1. The van der Waals surface area contributed by atoms with Gasteiger partial charge in [0.05, 0.1) is 12.7 Å². The maximum absolute atomic E-state index is 13.4. The van der Waals surface area contributed by atoms with Gasteiger partial charge in [0.15, 0.2) is 5.78 Å². The molecule has 1 aromatic heterocycles. The van der Waals surface area contributed by atoms with Crippen LogP contribution >= 0.6 is 11.6 Å². The minimum Gasteiger partial charge on any atom is -0.464 e. The van der Waals surface area contributed by atoms with Crippen LogP contribution in [0.3, 0.4) is 0 Å². The third-order valence-corrected chi connectivity index (χ3v) is 4.70. The largest absolute Gasteiger partial charge is 0.464 e. The number of allylic oxidation sites excluding steroid dienone is 1. The van der Waals surface area contributed by atoms with Gasteiger partial charge in [0, 0.05) is 10.6 Å². The van der Waals surface area contributed by atoms with Crippen LogP contribution in [0.2, 0.25) is 5.02 Å². The van der Waals surface area contributed by atoms with Gasteiger partial charge in [-0.05, 0) is 52.4 Å². The molecule has 1 atom stereocenters. The number of fused-ring (bicyclic) bond motifs is 1.